The minimum absolute atomic E-state index is 0.0935. The van der Waals surface area contributed by atoms with Crippen LogP contribution in [0.5, 0.6) is 0 Å². The summed E-state index contributed by atoms with van der Waals surface area (Å²) in [5.41, 5.74) is 5.43. The molecule has 1 fully saturated rings. The van der Waals surface area contributed by atoms with E-state index in [9.17, 15) is 13.2 Å². The van der Waals surface area contributed by atoms with Crippen LogP contribution < -0.4 is 16.4 Å². The summed E-state index contributed by atoms with van der Waals surface area (Å²) in [6.45, 7) is 0. The number of anilines is 4. The summed E-state index contributed by atoms with van der Waals surface area (Å²) in [5, 5.41) is 5.97. The maximum atomic E-state index is 13.1. The van der Waals surface area contributed by atoms with Crippen molar-refractivity contribution in [2.75, 3.05) is 16.4 Å². The second-order valence-electron chi connectivity index (χ2n) is 6.13. The number of hydrogen-bond donors (Lipinski definition) is 3. The molecule has 1 aliphatic carbocycles. The number of nitrogen functional groups attached to an aromatic ring is 1. The molecule has 4 N–H and O–H groups in total. The van der Waals surface area contributed by atoms with Crippen molar-refractivity contribution >= 4 is 23.0 Å². The Morgan fingerprint density at radius 1 is 1.00 bits per heavy atom. The number of nitrogens with zero attached hydrogens (tertiary/aromatic N) is 2. The largest absolute Gasteiger partial charge is 0.418 e. The van der Waals surface area contributed by atoms with Crippen molar-refractivity contribution in [3.05, 3.63) is 36.2 Å². The maximum absolute atomic E-state index is 13.1. The van der Waals surface area contributed by atoms with E-state index in [0.29, 0.717) is 5.82 Å². The molecule has 0 amide bonds. The first kappa shape index (κ1) is 17.3. The third kappa shape index (κ3) is 4.12. The van der Waals surface area contributed by atoms with Gasteiger partial charge in [0.2, 0.25) is 0 Å². The van der Waals surface area contributed by atoms with Crippen molar-refractivity contribution in [2.24, 2.45) is 0 Å². The van der Waals surface area contributed by atoms with Gasteiger partial charge in [0.05, 0.1) is 11.3 Å². The number of nitrogens with two attached hydrogens (primary N) is 1. The molecule has 0 atom stereocenters. The average Bonchev–Trinajstić information content (AvgIpc) is 2.59. The molecule has 0 spiro atoms. The Kier molecular flexibility index (Phi) is 4.96. The molecular formula is C17H20F3N5. The predicted molar refractivity (Wildman–Crippen MR) is 91.7 cm³/mol. The Morgan fingerprint density at radius 2 is 1.68 bits per heavy atom. The molecule has 0 saturated heterocycles. The number of aromatic nitrogens is 2. The molecule has 0 bridgehead atoms. The normalized spacial score (nSPS) is 15.8. The third-order valence-electron chi connectivity index (χ3n) is 4.32. The lowest BCUT2D eigenvalue weighted by Crippen LogP contribution is -2.23. The van der Waals surface area contributed by atoms with Gasteiger partial charge in [0, 0.05) is 6.04 Å². The van der Waals surface area contributed by atoms with Gasteiger partial charge in [0.25, 0.3) is 0 Å². The minimum atomic E-state index is -4.46. The molecule has 0 radical (unpaired) electrons. The first-order chi connectivity index (χ1) is 11.9. The molecule has 3 rings (SSSR count). The topological polar surface area (TPSA) is 75.9 Å². The lowest BCUT2D eigenvalue weighted by Gasteiger charge is -2.24. The number of rotatable bonds is 4. The summed E-state index contributed by atoms with van der Waals surface area (Å²) < 4.78 is 39.4. The number of para-hydroxylation sites is 1. The first-order valence-electron chi connectivity index (χ1n) is 8.25. The number of hydrogen-bond acceptors (Lipinski definition) is 5. The maximum Gasteiger partial charge on any atom is 0.418 e. The second-order valence-corrected chi connectivity index (χ2v) is 6.13. The summed E-state index contributed by atoms with van der Waals surface area (Å²) in [6, 6.07) is 5.50. The summed E-state index contributed by atoms with van der Waals surface area (Å²) in [6.07, 6.45) is 2.40. The lowest BCUT2D eigenvalue weighted by atomic mass is 9.95. The van der Waals surface area contributed by atoms with Gasteiger partial charge in [0.15, 0.2) is 11.6 Å². The van der Waals surface area contributed by atoms with Crippen molar-refractivity contribution in [3.63, 3.8) is 0 Å². The molecule has 134 valence electrons. The van der Waals surface area contributed by atoms with Crippen molar-refractivity contribution in [2.45, 2.75) is 44.3 Å². The van der Waals surface area contributed by atoms with E-state index in [-0.39, 0.29) is 23.2 Å². The van der Waals surface area contributed by atoms with Gasteiger partial charge in [-0.25, -0.2) is 9.97 Å². The average molecular weight is 351 g/mol. The van der Waals surface area contributed by atoms with Gasteiger partial charge < -0.3 is 16.4 Å². The fourth-order valence-electron chi connectivity index (χ4n) is 3.02. The molecule has 25 heavy (non-hydrogen) atoms. The van der Waals surface area contributed by atoms with Crippen LogP contribution in [0.2, 0.25) is 0 Å². The third-order valence-corrected chi connectivity index (χ3v) is 4.32. The Labute approximate surface area is 143 Å². The van der Waals surface area contributed by atoms with Crippen molar-refractivity contribution < 1.29 is 13.2 Å². The Morgan fingerprint density at radius 3 is 2.40 bits per heavy atom. The summed E-state index contributed by atoms with van der Waals surface area (Å²) in [5.74, 6) is 0.610. The van der Waals surface area contributed by atoms with Gasteiger partial charge in [-0.2, -0.15) is 13.2 Å². The van der Waals surface area contributed by atoms with Crippen LogP contribution in [0.3, 0.4) is 0 Å². The zero-order valence-corrected chi connectivity index (χ0v) is 13.6. The van der Waals surface area contributed by atoms with Crippen LogP contribution in [-0.2, 0) is 6.18 Å². The number of halogens is 3. The van der Waals surface area contributed by atoms with E-state index in [1.54, 1.807) is 0 Å². The molecule has 2 aromatic rings. The van der Waals surface area contributed by atoms with E-state index in [4.69, 9.17) is 5.73 Å². The van der Waals surface area contributed by atoms with Gasteiger partial charge in [0.1, 0.15) is 12.0 Å². The standard InChI is InChI=1S/C17H20F3N5/c18-17(19,20)12-8-4-5-9-13(12)25-16-14(21)15(22-10-23-16)24-11-6-2-1-3-7-11/h4-5,8-11H,1-3,6-7,21H2,(H2,22,23,24,25). The van der Waals surface area contributed by atoms with Crippen molar-refractivity contribution in [1.82, 2.24) is 9.97 Å². The Bertz CT molecular complexity index is 726. The van der Waals surface area contributed by atoms with Crippen LogP contribution in [0.1, 0.15) is 37.7 Å². The Hall–Kier alpha value is -2.51. The smallest absolute Gasteiger partial charge is 0.393 e. The molecular weight excluding hydrogens is 331 g/mol. The molecule has 1 saturated carbocycles. The van der Waals surface area contributed by atoms with E-state index in [2.05, 4.69) is 20.6 Å². The van der Waals surface area contributed by atoms with Gasteiger partial charge >= 0.3 is 6.18 Å². The van der Waals surface area contributed by atoms with Gasteiger partial charge in [-0.05, 0) is 25.0 Å². The fourth-order valence-corrected chi connectivity index (χ4v) is 3.02. The second kappa shape index (κ2) is 7.16. The van der Waals surface area contributed by atoms with Crippen LogP contribution in [-0.4, -0.2) is 16.0 Å². The van der Waals surface area contributed by atoms with E-state index < -0.39 is 11.7 Å². The van der Waals surface area contributed by atoms with Crippen LogP contribution in [0.25, 0.3) is 0 Å². The lowest BCUT2D eigenvalue weighted by molar-refractivity contribution is -0.136. The number of benzene rings is 1. The molecule has 0 aliphatic heterocycles. The van der Waals surface area contributed by atoms with E-state index >= 15 is 0 Å². The quantitative estimate of drug-likeness (QED) is 0.752. The predicted octanol–water partition coefficient (Wildman–Crippen LogP) is 4.57. The Balaban J connectivity index is 1.83. The molecule has 5 nitrogen and oxygen atoms in total. The highest BCUT2D eigenvalue weighted by atomic mass is 19.4. The first-order valence-corrected chi connectivity index (χ1v) is 8.25. The highest BCUT2D eigenvalue weighted by molar-refractivity contribution is 5.78. The molecule has 8 heteroatoms. The van der Waals surface area contributed by atoms with Crippen LogP contribution in [0.15, 0.2) is 30.6 Å². The summed E-state index contributed by atoms with van der Waals surface area (Å²) in [4.78, 5) is 8.13. The van der Waals surface area contributed by atoms with Gasteiger partial charge in [-0.15, -0.1) is 0 Å². The van der Waals surface area contributed by atoms with E-state index in [0.717, 1.165) is 31.7 Å². The van der Waals surface area contributed by atoms with Gasteiger partial charge in [-0.1, -0.05) is 31.4 Å². The summed E-state index contributed by atoms with van der Waals surface area (Å²) >= 11 is 0. The molecule has 1 aliphatic rings. The highest BCUT2D eigenvalue weighted by Crippen LogP contribution is 2.37. The van der Waals surface area contributed by atoms with Crippen LogP contribution >= 0.6 is 0 Å². The monoisotopic (exact) mass is 351 g/mol. The van der Waals surface area contributed by atoms with E-state index in [1.807, 2.05) is 0 Å². The zero-order chi connectivity index (χ0) is 17.9. The van der Waals surface area contributed by atoms with Crippen molar-refractivity contribution in [1.29, 1.82) is 0 Å². The highest BCUT2D eigenvalue weighted by Gasteiger charge is 2.33. The number of nitrogens with one attached hydrogen (secondary N) is 2. The minimum Gasteiger partial charge on any atom is -0.393 e. The van der Waals surface area contributed by atoms with Crippen LogP contribution in [0, 0.1) is 0 Å². The van der Waals surface area contributed by atoms with Crippen LogP contribution in [0.4, 0.5) is 36.2 Å². The van der Waals surface area contributed by atoms with E-state index in [1.165, 1.54) is 30.9 Å². The zero-order valence-electron chi connectivity index (χ0n) is 13.6. The molecule has 1 heterocycles. The SMILES string of the molecule is Nc1c(Nc2ccccc2C(F)(F)F)ncnc1NC1CCCCC1. The summed E-state index contributed by atoms with van der Waals surface area (Å²) in [7, 11) is 0. The number of alkyl halides is 3. The molecule has 1 aromatic carbocycles. The van der Waals surface area contributed by atoms with Crippen molar-refractivity contribution in [3.8, 4) is 0 Å². The fraction of sp³-hybridized carbons (Fsp3) is 0.412. The van der Waals surface area contributed by atoms with Gasteiger partial charge in [-0.3, -0.25) is 0 Å². The molecule has 0 unspecified atom stereocenters. The molecule has 1 aromatic heterocycles.